The molecular weight excluding hydrogens is 206 g/mol. The first-order chi connectivity index (χ1) is 7.70. The van der Waals surface area contributed by atoms with Crippen molar-refractivity contribution in [3.63, 3.8) is 0 Å². The summed E-state index contributed by atoms with van der Waals surface area (Å²) in [4.78, 5) is 16.1. The first-order valence-electron chi connectivity index (χ1n) is 6.00. The predicted octanol–water partition coefficient (Wildman–Crippen LogP) is -0.733. The van der Waals surface area contributed by atoms with Gasteiger partial charge in [0.1, 0.15) is 6.61 Å². The van der Waals surface area contributed by atoms with Gasteiger partial charge in [0, 0.05) is 19.1 Å². The Labute approximate surface area is 96.5 Å². The second-order valence-corrected chi connectivity index (χ2v) is 4.75. The number of rotatable bonds is 2. The van der Waals surface area contributed by atoms with Gasteiger partial charge < -0.3 is 20.3 Å². The smallest absolute Gasteiger partial charge is 0.248 e. The number of carbonyl (C=O) groups is 1. The highest BCUT2D eigenvalue weighted by atomic mass is 16.5. The molecule has 92 valence electrons. The van der Waals surface area contributed by atoms with Crippen molar-refractivity contribution in [1.82, 2.24) is 9.80 Å². The van der Waals surface area contributed by atoms with Gasteiger partial charge in [-0.25, -0.2) is 0 Å². The average Bonchev–Trinajstić information content (AvgIpc) is 2.31. The normalized spacial score (nSPS) is 29.8. The molecule has 2 aliphatic rings. The molecule has 1 amide bonds. The minimum Gasteiger partial charge on any atom is -0.365 e. The van der Waals surface area contributed by atoms with Crippen LogP contribution >= 0.6 is 0 Å². The summed E-state index contributed by atoms with van der Waals surface area (Å²) in [5, 5.41) is 0. The molecule has 5 heteroatoms. The molecule has 0 radical (unpaired) electrons. The number of hydrogen-bond donors (Lipinski definition) is 1. The third-order valence-electron chi connectivity index (χ3n) is 3.55. The Bertz CT molecular complexity index is 252. The molecule has 1 unspecified atom stereocenters. The van der Waals surface area contributed by atoms with Crippen LogP contribution in [0, 0.1) is 0 Å². The van der Waals surface area contributed by atoms with Crippen LogP contribution in [0.2, 0.25) is 0 Å². The van der Waals surface area contributed by atoms with Crippen molar-refractivity contribution in [3.05, 3.63) is 0 Å². The van der Waals surface area contributed by atoms with E-state index in [9.17, 15) is 4.79 Å². The first-order valence-corrected chi connectivity index (χ1v) is 6.00. The van der Waals surface area contributed by atoms with Gasteiger partial charge in [-0.3, -0.25) is 4.79 Å². The topological polar surface area (TPSA) is 58.8 Å². The summed E-state index contributed by atoms with van der Waals surface area (Å²) in [7, 11) is 2.13. The molecule has 2 aliphatic heterocycles. The largest absolute Gasteiger partial charge is 0.365 e. The van der Waals surface area contributed by atoms with E-state index in [1.165, 1.54) is 0 Å². The Kier molecular flexibility index (Phi) is 3.78. The Morgan fingerprint density at radius 3 is 2.75 bits per heavy atom. The van der Waals surface area contributed by atoms with Crippen molar-refractivity contribution in [3.8, 4) is 0 Å². The molecule has 5 nitrogen and oxygen atoms in total. The summed E-state index contributed by atoms with van der Waals surface area (Å²) in [5.41, 5.74) is 5.59. The molecule has 2 fully saturated rings. The SMILES string of the molecule is CN1CCC(N2CC(CN)OCC2=O)CC1. The van der Waals surface area contributed by atoms with E-state index in [0.717, 1.165) is 25.9 Å². The molecule has 2 N–H and O–H groups in total. The summed E-state index contributed by atoms with van der Waals surface area (Å²) in [6.45, 7) is 3.51. The monoisotopic (exact) mass is 227 g/mol. The van der Waals surface area contributed by atoms with E-state index in [-0.39, 0.29) is 18.6 Å². The van der Waals surface area contributed by atoms with Gasteiger partial charge in [0.2, 0.25) is 5.91 Å². The number of hydrogen-bond acceptors (Lipinski definition) is 4. The maximum Gasteiger partial charge on any atom is 0.248 e. The zero-order chi connectivity index (χ0) is 11.5. The van der Waals surface area contributed by atoms with E-state index in [1.54, 1.807) is 0 Å². The Morgan fingerprint density at radius 2 is 2.12 bits per heavy atom. The average molecular weight is 227 g/mol. The van der Waals surface area contributed by atoms with E-state index >= 15 is 0 Å². The summed E-state index contributed by atoms with van der Waals surface area (Å²) in [6.07, 6.45) is 2.16. The second-order valence-electron chi connectivity index (χ2n) is 4.75. The lowest BCUT2D eigenvalue weighted by Gasteiger charge is -2.41. The fourth-order valence-corrected chi connectivity index (χ4v) is 2.45. The van der Waals surface area contributed by atoms with E-state index in [2.05, 4.69) is 11.9 Å². The van der Waals surface area contributed by atoms with Crippen molar-refractivity contribution in [1.29, 1.82) is 0 Å². The summed E-state index contributed by atoms with van der Waals surface area (Å²) < 4.78 is 5.35. The Balaban J connectivity index is 1.93. The van der Waals surface area contributed by atoms with Gasteiger partial charge in [0.15, 0.2) is 0 Å². The molecule has 0 bridgehead atoms. The van der Waals surface area contributed by atoms with Crippen LogP contribution in [0.4, 0.5) is 0 Å². The number of likely N-dealkylation sites (tertiary alicyclic amines) is 1. The van der Waals surface area contributed by atoms with Crippen molar-refractivity contribution in [2.45, 2.75) is 25.0 Å². The molecule has 0 aliphatic carbocycles. The number of morpholine rings is 1. The third kappa shape index (κ3) is 2.53. The van der Waals surface area contributed by atoms with E-state index < -0.39 is 0 Å². The molecular formula is C11H21N3O2. The predicted molar refractivity (Wildman–Crippen MR) is 61.0 cm³/mol. The van der Waals surface area contributed by atoms with Gasteiger partial charge in [0.25, 0.3) is 0 Å². The zero-order valence-electron chi connectivity index (χ0n) is 9.89. The Hall–Kier alpha value is -0.650. The van der Waals surface area contributed by atoms with Crippen LogP contribution < -0.4 is 5.73 Å². The molecule has 1 atom stereocenters. The lowest BCUT2D eigenvalue weighted by Crippen LogP contribution is -2.55. The van der Waals surface area contributed by atoms with Gasteiger partial charge in [0.05, 0.1) is 6.10 Å². The van der Waals surface area contributed by atoms with Crippen LogP contribution in [0.25, 0.3) is 0 Å². The summed E-state index contributed by atoms with van der Waals surface area (Å²) in [6, 6.07) is 0.390. The van der Waals surface area contributed by atoms with Crippen molar-refractivity contribution < 1.29 is 9.53 Å². The number of piperidine rings is 1. The van der Waals surface area contributed by atoms with Gasteiger partial charge in [-0.1, -0.05) is 0 Å². The van der Waals surface area contributed by atoms with Gasteiger partial charge >= 0.3 is 0 Å². The number of nitrogens with zero attached hydrogens (tertiary/aromatic N) is 2. The number of carbonyl (C=O) groups excluding carboxylic acids is 1. The summed E-state index contributed by atoms with van der Waals surface area (Å²) >= 11 is 0. The minimum atomic E-state index is 0.0253. The van der Waals surface area contributed by atoms with Crippen molar-refractivity contribution in [2.75, 3.05) is 39.8 Å². The fourth-order valence-electron chi connectivity index (χ4n) is 2.45. The van der Waals surface area contributed by atoms with E-state index in [0.29, 0.717) is 19.1 Å². The lowest BCUT2D eigenvalue weighted by molar-refractivity contribution is -0.152. The first kappa shape index (κ1) is 11.8. The van der Waals surface area contributed by atoms with Crippen molar-refractivity contribution >= 4 is 5.91 Å². The maximum atomic E-state index is 11.8. The molecule has 0 aromatic rings. The quantitative estimate of drug-likeness (QED) is 0.675. The molecule has 0 saturated carbocycles. The van der Waals surface area contributed by atoms with Crippen LogP contribution in [-0.2, 0) is 9.53 Å². The maximum absolute atomic E-state index is 11.8. The van der Waals surface area contributed by atoms with E-state index in [4.69, 9.17) is 10.5 Å². The second kappa shape index (κ2) is 5.12. The van der Waals surface area contributed by atoms with Crippen LogP contribution in [0.3, 0.4) is 0 Å². The van der Waals surface area contributed by atoms with Gasteiger partial charge in [-0.2, -0.15) is 0 Å². The van der Waals surface area contributed by atoms with Crippen LogP contribution in [0.1, 0.15) is 12.8 Å². The van der Waals surface area contributed by atoms with Crippen LogP contribution in [0.15, 0.2) is 0 Å². The third-order valence-corrected chi connectivity index (χ3v) is 3.55. The number of ether oxygens (including phenoxy) is 1. The molecule has 16 heavy (non-hydrogen) atoms. The van der Waals surface area contributed by atoms with Gasteiger partial charge in [-0.15, -0.1) is 0 Å². The zero-order valence-corrected chi connectivity index (χ0v) is 9.89. The lowest BCUT2D eigenvalue weighted by atomic mass is 10.0. The minimum absolute atomic E-state index is 0.0253. The molecule has 0 aromatic carbocycles. The molecule has 0 aromatic heterocycles. The summed E-state index contributed by atoms with van der Waals surface area (Å²) in [5.74, 6) is 0.124. The highest BCUT2D eigenvalue weighted by Crippen LogP contribution is 2.18. The number of amides is 1. The molecule has 2 heterocycles. The Morgan fingerprint density at radius 1 is 1.44 bits per heavy atom. The number of nitrogens with two attached hydrogens (primary N) is 1. The van der Waals surface area contributed by atoms with Crippen LogP contribution in [0.5, 0.6) is 0 Å². The molecule has 2 rings (SSSR count). The molecule has 2 saturated heterocycles. The van der Waals surface area contributed by atoms with Gasteiger partial charge in [-0.05, 0) is 33.0 Å². The standard InChI is InChI=1S/C11H21N3O2/c1-13-4-2-9(3-5-13)14-7-10(6-12)16-8-11(14)15/h9-10H,2-8,12H2,1H3. The highest BCUT2D eigenvalue weighted by Gasteiger charge is 2.32. The highest BCUT2D eigenvalue weighted by molar-refractivity contribution is 5.78. The van der Waals surface area contributed by atoms with Crippen LogP contribution in [-0.4, -0.2) is 67.7 Å². The van der Waals surface area contributed by atoms with E-state index in [1.807, 2.05) is 4.90 Å². The fraction of sp³-hybridized carbons (Fsp3) is 0.909. The molecule has 0 spiro atoms. The van der Waals surface area contributed by atoms with Crippen molar-refractivity contribution in [2.24, 2.45) is 5.73 Å².